The second-order valence-corrected chi connectivity index (χ2v) is 8.81. The highest BCUT2D eigenvalue weighted by molar-refractivity contribution is 6.12. The summed E-state index contributed by atoms with van der Waals surface area (Å²) in [5.74, 6) is -0.613. The van der Waals surface area contributed by atoms with Crippen molar-refractivity contribution in [3.05, 3.63) is 81.2 Å². The second-order valence-electron chi connectivity index (χ2n) is 8.81. The quantitative estimate of drug-likeness (QED) is 0.208. The summed E-state index contributed by atoms with van der Waals surface area (Å²) in [6, 6.07) is 9.15. The van der Waals surface area contributed by atoms with Crippen LogP contribution >= 0.6 is 0 Å². The Hall–Kier alpha value is -4.07. The number of allylic oxidation sites excluding steroid dienone is 2. The minimum atomic E-state index is -1.16. The van der Waals surface area contributed by atoms with Gasteiger partial charge in [-0.2, -0.15) is 0 Å². The molecule has 2 aromatic heterocycles. The summed E-state index contributed by atoms with van der Waals surface area (Å²) in [6.07, 6.45) is 7.57. The third-order valence-electron chi connectivity index (χ3n) is 5.89. The first-order valence-corrected chi connectivity index (χ1v) is 12.0. The van der Waals surface area contributed by atoms with Crippen LogP contribution in [0, 0.1) is 0 Å². The molecule has 1 atom stereocenters. The van der Waals surface area contributed by atoms with E-state index < -0.39 is 28.8 Å². The molecule has 0 aliphatic heterocycles. The third kappa shape index (κ3) is 6.75. The van der Waals surface area contributed by atoms with Crippen LogP contribution in [0.25, 0.3) is 17.0 Å². The number of benzene rings is 1. The van der Waals surface area contributed by atoms with Crippen molar-refractivity contribution in [3.63, 3.8) is 0 Å². The van der Waals surface area contributed by atoms with Gasteiger partial charge in [-0.05, 0) is 56.4 Å². The van der Waals surface area contributed by atoms with Crippen LogP contribution in [-0.4, -0.2) is 22.1 Å². The highest BCUT2D eigenvalue weighted by Gasteiger charge is 2.22. The zero-order valence-corrected chi connectivity index (χ0v) is 20.7. The van der Waals surface area contributed by atoms with Crippen molar-refractivity contribution in [2.24, 2.45) is 0 Å². The molecule has 8 heteroatoms. The first-order valence-electron chi connectivity index (χ1n) is 12.0. The lowest BCUT2D eigenvalue weighted by molar-refractivity contribution is 0.102. The highest BCUT2D eigenvalue weighted by Crippen LogP contribution is 2.27. The fourth-order valence-corrected chi connectivity index (χ4v) is 3.83. The summed E-state index contributed by atoms with van der Waals surface area (Å²) < 4.78 is 11.2. The van der Waals surface area contributed by atoms with Gasteiger partial charge in [0.05, 0.1) is 0 Å². The normalized spacial score (nSPS) is 12.8. The second kappa shape index (κ2) is 12.1. The topological polar surface area (TPSA) is 130 Å². The van der Waals surface area contributed by atoms with E-state index in [0.717, 1.165) is 30.2 Å². The lowest BCUT2D eigenvalue weighted by Crippen LogP contribution is -2.16. The Kier molecular flexibility index (Phi) is 8.89. The summed E-state index contributed by atoms with van der Waals surface area (Å²) in [4.78, 5) is 36.0. The van der Waals surface area contributed by atoms with E-state index in [9.17, 15) is 19.5 Å². The summed E-state index contributed by atoms with van der Waals surface area (Å²) >= 11 is 0. The van der Waals surface area contributed by atoms with Crippen LogP contribution < -0.4 is 10.9 Å². The smallest absolute Gasteiger partial charge is 0.408 e. The number of fused-ring (bicyclic) bond motifs is 1. The Morgan fingerprint density at radius 1 is 1.17 bits per heavy atom. The van der Waals surface area contributed by atoms with Gasteiger partial charge >= 0.3 is 11.7 Å². The van der Waals surface area contributed by atoms with E-state index in [-0.39, 0.29) is 17.3 Å². The summed E-state index contributed by atoms with van der Waals surface area (Å²) in [5, 5.41) is 22.0. The molecule has 0 spiro atoms. The van der Waals surface area contributed by atoms with Gasteiger partial charge in [-0.3, -0.25) is 10.1 Å². The first-order chi connectivity index (χ1) is 17.2. The van der Waals surface area contributed by atoms with Gasteiger partial charge in [0.15, 0.2) is 5.78 Å². The molecule has 3 rings (SSSR count). The van der Waals surface area contributed by atoms with E-state index >= 15 is 0 Å². The van der Waals surface area contributed by atoms with E-state index in [1.165, 1.54) is 17.8 Å². The maximum atomic E-state index is 13.0. The Labute approximate surface area is 208 Å². The van der Waals surface area contributed by atoms with Crippen molar-refractivity contribution < 1.29 is 28.6 Å². The van der Waals surface area contributed by atoms with E-state index in [1.807, 2.05) is 18.2 Å². The lowest BCUT2D eigenvalue weighted by Gasteiger charge is -2.11. The number of amides is 1. The highest BCUT2D eigenvalue weighted by atomic mass is 16.4. The Bertz CT molecular complexity index is 1360. The average Bonchev–Trinajstić information content (AvgIpc) is 3.22. The molecule has 0 aliphatic carbocycles. The van der Waals surface area contributed by atoms with Crippen molar-refractivity contribution in [3.8, 4) is 5.75 Å². The van der Waals surface area contributed by atoms with E-state index in [0.29, 0.717) is 18.6 Å². The van der Waals surface area contributed by atoms with Gasteiger partial charge in [0.25, 0.3) is 0 Å². The number of Topliss-reactive ketones (excluding diaryl/α,β-unsaturated/α-hetero) is 1. The molecule has 0 radical (unpaired) electrons. The zero-order valence-electron chi connectivity index (χ0n) is 20.7. The standard InChI is InChI=1S/C28H31NO7/c1-4-5-9-19-10-11-20-15-21(35-24(20)14-19)13-18(3)26(31)25-22(30)16-23(36-27(25)32)17(2)8-6-7-12-29-28(33)34/h7,10-17,29-30H,4-6,8-9H2,1-3H3,(H,33,34). The van der Waals surface area contributed by atoms with Gasteiger partial charge in [-0.25, -0.2) is 9.59 Å². The number of carbonyl (C=O) groups is 2. The van der Waals surface area contributed by atoms with Gasteiger partial charge in [0.2, 0.25) is 0 Å². The molecule has 8 nitrogen and oxygen atoms in total. The van der Waals surface area contributed by atoms with E-state index in [2.05, 4.69) is 18.3 Å². The Morgan fingerprint density at radius 3 is 2.64 bits per heavy atom. The van der Waals surface area contributed by atoms with Crippen LogP contribution in [0.15, 0.2) is 61.8 Å². The van der Waals surface area contributed by atoms with Gasteiger partial charge in [-0.15, -0.1) is 0 Å². The van der Waals surface area contributed by atoms with Gasteiger partial charge in [-0.1, -0.05) is 38.5 Å². The number of hydrogen-bond donors (Lipinski definition) is 3. The molecule has 1 aromatic carbocycles. The van der Waals surface area contributed by atoms with E-state index in [4.69, 9.17) is 13.9 Å². The van der Waals surface area contributed by atoms with Crippen molar-refractivity contribution in [1.29, 1.82) is 0 Å². The van der Waals surface area contributed by atoms with Crippen LogP contribution in [-0.2, 0) is 6.42 Å². The number of aromatic hydroxyl groups is 1. The number of rotatable bonds is 11. The van der Waals surface area contributed by atoms with Crippen LogP contribution in [0.3, 0.4) is 0 Å². The molecular weight excluding hydrogens is 462 g/mol. The molecule has 0 saturated carbocycles. The monoisotopic (exact) mass is 493 g/mol. The molecule has 0 fully saturated rings. The van der Waals surface area contributed by atoms with Crippen molar-refractivity contribution in [2.75, 3.05) is 0 Å². The largest absolute Gasteiger partial charge is 0.507 e. The number of aryl methyl sites for hydroxylation is 1. The summed E-state index contributed by atoms with van der Waals surface area (Å²) in [5.41, 5.74) is 0.794. The van der Waals surface area contributed by atoms with Crippen molar-refractivity contribution >= 4 is 28.9 Å². The van der Waals surface area contributed by atoms with Gasteiger partial charge in [0, 0.05) is 29.1 Å². The van der Waals surface area contributed by atoms with Crippen LogP contribution in [0.5, 0.6) is 5.75 Å². The molecule has 2 heterocycles. The molecule has 1 unspecified atom stereocenters. The number of furan rings is 1. The fraction of sp³-hybridized carbons (Fsp3) is 0.321. The maximum Gasteiger partial charge on any atom is 0.408 e. The number of nitrogens with one attached hydrogen (secondary N) is 1. The molecule has 190 valence electrons. The molecule has 0 bridgehead atoms. The first kappa shape index (κ1) is 26.5. The van der Waals surface area contributed by atoms with Gasteiger partial charge < -0.3 is 19.0 Å². The Balaban J connectivity index is 1.75. The molecule has 3 N–H and O–H groups in total. The van der Waals surface area contributed by atoms with E-state index in [1.54, 1.807) is 26.0 Å². The number of carboxylic acid groups (broad SMARTS) is 1. The minimum absolute atomic E-state index is 0.222. The third-order valence-corrected chi connectivity index (χ3v) is 5.89. The zero-order chi connectivity index (χ0) is 26.2. The van der Waals surface area contributed by atoms with Crippen molar-refractivity contribution in [1.82, 2.24) is 5.32 Å². The Morgan fingerprint density at radius 2 is 1.94 bits per heavy atom. The predicted octanol–water partition coefficient (Wildman–Crippen LogP) is 6.39. The molecule has 3 aromatic rings. The maximum absolute atomic E-state index is 13.0. The van der Waals surface area contributed by atoms with Crippen molar-refractivity contribution in [2.45, 2.75) is 58.8 Å². The molecule has 0 aliphatic rings. The number of carbonyl (C=O) groups excluding carboxylic acids is 1. The molecule has 1 amide bonds. The predicted molar refractivity (Wildman–Crippen MR) is 137 cm³/mol. The minimum Gasteiger partial charge on any atom is -0.507 e. The average molecular weight is 494 g/mol. The SMILES string of the molecule is CCCCc1ccc2cc(C=C(C)C(=O)c3c(O)cc(C(C)CCC=CNC(=O)O)oc3=O)oc2c1. The lowest BCUT2D eigenvalue weighted by atomic mass is 9.99. The van der Waals surface area contributed by atoms with Crippen LogP contribution in [0.2, 0.25) is 0 Å². The van der Waals surface area contributed by atoms with Crippen LogP contribution in [0.1, 0.15) is 79.8 Å². The number of unbranched alkanes of at least 4 members (excludes halogenated alkanes) is 1. The van der Waals surface area contributed by atoms with Crippen LogP contribution in [0.4, 0.5) is 4.79 Å². The summed E-state index contributed by atoms with van der Waals surface area (Å²) in [7, 11) is 0. The summed E-state index contributed by atoms with van der Waals surface area (Å²) in [6.45, 7) is 5.50. The molecule has 36 heavy (non-hydrogen) atoms. The molecular formula is C28H31NO7. The number of ketones is 1. The van der Waals surface area contributed by atoms with Gasteiger partial charge in [0.1, 0.15) is 28.4 Å². The molecule has 0 saturated heterocycles. The fourth-order valence-electron chi connectivity index (χ4n) is 3.83. The number of hydrogen-bond acceptors (Lipinski definition) is 6.